The van der Waals surface area contributed by atoms with Gasteiger partial charge in [0, 0.05) is 17.3 Å². The van der Waals surface area contributed by atoms with Gasteiger partial charge in [-0.05, 0) is 50.6 Å². The van der Waals surface area contributed by atoms with Gasteiger partial charge in [0.25, 0.3) is 11.8 Å². The Morgan fingerprint density at radius 2 is 2.00 bits per heavy atom. The van der Waals surface area contributed by atoms with Gasteiger partial charge >= 0.3 is 0 Å². The molecule has 1 saturated heterocycles. The molecule has 3 aromatic rings. The second-order valence-electron chi connectivity index (χ2n) is 7.95. The highest BCUT2D eigenvalue weighted by Crippen LogP contribution is 2.33. The molecule has 0 saturated carbocycles. The Kier molecular flexibility index (Phi) is 6.85. The van der Waals surface area contributed by atoms with E-state index in [1.807, 2.05) is 6.92 Å². The first-order valence-electron chi connectivity index (χ1n) is 11.0. The number of anilines is 1. The highest BCUT2D eigenvalue weighted by atomic mass is 16.2. The van der Waals surface area contributed by atoms with Crippen LogP contribution in [0.4, 0.5) is 5.82 Å². The largest absolute Gasteiger partial charge is 0.364 e. The van der Waals surface area contributed by atoms with Crippen LogP contribution in [0.3, 0.4) is 0 Å². The zero-order valence-corrected chi connectivity index (χ0v) is 18.9. The van der Waals surface area contributed by atoms with Crippen LogP contribution < -0.4 is 16.9 Å². The number of carbonyl (C=O) groups is 2. The molecule has 5 N–H and O–H groups in total. The van der Waals surface area contributed by atoms with Crippen molar-refractivity contribution in [1.82, 2.24) is 24.8 Å². The van der Waals surface area contributed by atoms with Crippen molar-refractivity contribution in [2.45, 2.75) is 32.2 Å². The lowest BCUT2D eigenvalue weighted by Crippen LogP contribution is -2.37. The van der Waals surface area contributed by atoms with E-state index in [0.717, 1.165) is 25.8 Å². The molecule has 3 heterocycles. The van der Waals surface area contributed by atoms with Crippen LogP contribution in [0.15, 0.2) is 42.6 Å². The van der Waals surface area contributed by atoms with Crippen molar-refractivity contribution in [2.75, 3.05) is 24.2 Å². The Balaban J connectivity index is 1.64. The van der Waals surface area contributed by atoms with E-state index in [9.17, 15) is 9.59 Å². The van der Waals surface area contributed by atoms with Gasteiger partial charge in [0.15, 0.2) is 11.5 Å². The molecule has 10 nitrogen and oxygen atoms in total. The van der Waals surface area contributed by atoms with Crippen molar-refractivity contribution >= 4 is 17.6 Å². The summed E-state index contributed by atoms with van der Waals surface area (Å²) in [6.45, 7) is 3.29. The van der Waals surface area contributed by atoms with Gasteiger partial charge in [0.05, 0.1) is 12.6 Å². The van der Waals surface area contributed by atoms with Crippen LogP contribution in [0.2, 0.25) is 0 Å². The first-order valence-corrected chi connectivity index (χ1v) is 11.0. The SMILES string of the molecule is CC#CCN1CCCC[C@H]1c1nc(-c2ccc(C(=O)Nc3cccnn3)cc2)c(C(N)=O)n1N. The number of rotatable bonds is 6. The van der Waals surface area contributed by atoms with Gasteiger partial charge < -0.3 is 16.9 Å². The third kappa shape index (κ3) is 4.74. The highest BCUT2D eigenvalue weighted by Gasteiger charge is 2.31. The lowest BCUT2D eigenvalue weighted by atomic mass is 10.0. The number of nitrogens with zero attached hydrogens (tertiary/aromatic N) is 5. The van der Waals surface area contributed by atoms with Crippen LogP contribution >= 0.6 is 0 Å². The van der Waals surface area contributed by atoms with Crippen molar-refractivity contribution in [2.24, 2.45) is 5.73 Å². The standard InChI is InChI=1S/C24H26N8O2/c1-2-3-14-31-15-5-4-7-18(31)23-29-20(21(22(25)33)32(23)26)16-9-11-17(12-10-16)24(34)28-19-8-6-13-27-30-19/h6,8-13,18H,4-5,7,14-15,26H2,1H3,(H2,25,33)(H,28,30,34)/t18-/m0/s1. The third-order valence-electron chi connectivity index (χ3n) is 5.78. The van der Waals surface area contributed by atoms with Crippen molar-refractivity contribution < 1.29 is 9.59 Å². The maximum absolute atomic E-state index is 12.5. The minimum Gasteiger partial charge on any atom is -0.364 e. The van der Waals surface area contributed by atoms with E-state index in [1.54, 1.807) is 36.4 Å². The molecule has 0 radical (unpaired) electrons. The zero-order chi connectivity index (χ0) is 24.1. The number of likely N-dealkylation sites (tertiary alicyclic amines) is 1. The number of aromatic nitrogens is 4. The quantitative estimate of drug-likeness (QED) is 0.378. The van der Waals surface area contributed by atoms with E-state index < -0.39 is 5.91 Å². The lowest BCUT2D eigenvalue weighted by Gasteiger charge is -2.33. The van der Waals surface area contributed by atoms with Crippen LogP contribution in [0.25, 0.3) is 11.3 Å². The molecule has 1 aromatic carbocycles. The van der Waals surface area contributed by atoms with Crippen LogP contribution in [0.1, 0.15) is 58.9 Å². The summed E-state index contributed by atoms with van der Waals surface area (Å²) < 4.78 is 1.30. The lowest BCUT2D eigenvalue weighted by molar-refractivity contribution is 0.0990. The third-order valence-corrected chi connectivity index (χ3v) is 5.78. The topological polar surface area (TPSA) is 145 Å². The predicted molar refractivity (Wildman–Crippen MR) is 128 cm³/mol. The number of piperidine rings is 1. The van der Waals surface area contributed by atoms with Gasteiger partial charge in [-0.2, -0.15) is 5.10 Å². The fraction of sp³-hybridized carbons (Fsp3) is 0.292. The average Bonchev–Trinajstić information content (AvgIpc) is 3.20. The second-order valence-corrected chi connectivity index (χ2v) is 7.95. The summed E-state index contributed by atoms with van der Waals surface area (Å²) in [6, 6.07) is 9.98. The van der Waals surface area contributed by atoms with Crippen molar-refractivity contribution in [1.29, 1.82) is 0 Å². The smallest absolute Gasteiger partial charge is 0.269 e. The molecule has 34 heavy (non-hydrogen) atoms. The molecule has 2 aromatic heterocycles. The number of hydrogen-bond acceptors (Lipinski definition) is 7. The zero-order valence-electron chi connectivity index (χ0n) is 18.9. The van der Waals surface area contributed by atoms with E-state index in [0.29, 0.717) is 35.0 Å². The maximum atomic E-state index is 12.5. The van der Waals surface area contributed by atoms with Crippen LogP contribution in [0, 0.1) is 11.8 Å². The van der Waals surface area contributed by atoms with Crippen molar-refractivity contribution in [3.05, 3.63) is 59.7 Å². The molecule has 0 aliphatic carbocycles. The number of hydrogen-bond donors (Lipinski definition) is 3. The minimum absolute atomic E-state index is 0.0662. The number of nitrogens with one attached hydrogen (secondary N) is 1. The van der Waals surface area contributed by atoms with Crippen LogP contribution in [-0.2, 0) is 0 Å². The van der Waals surface area contributed by atoms with E-state index >= 15 is 0 Å². The minimum atomic E-state index is -0.670. The van der Waals surface area contributed by atoms with Gasteiger partial charge in [-0.3, -0.25) is 14.5 Å². The summed E-state index contributed by atoms with van der Waals surface area (Å²) in [6.07, 6.45) is 4.49. The number of nitrogen functional groups attached to an aromatic ring is 1. The van der Waals surface area contributed by atoms with Gasteiger partial charge in [0.2, 0.25) is 0 Å². The predicted octanol–water partition coefficient (Wildman–Crippen LogP) is 1.96. The van der Waals surface area contributed by atoms with Gasteiger partial charge in [-0.25, -0.2) is 9.66 Å². The fourth-order valence-corrected chi connectivity index (χ4v) is 4.11. The number of amides is 2. The molecule has 2 amide bonds. The summed E-state index contributed by atoms with van der Waals surface area (Å²) in [5.74, 6) is 12.3. The second kappa shape index (κ2) is 10.1. The maximum Gasteiger partial charge on any atom is 0.269 e. The first-order chi connectivity index (χ1) is 16.5. The molecular formula is C24H26N8O2. The fourth-order valence-electron chi connectivity index (χ4n) is 4.11. The summed E-state index contributed by atoms with van der Waals surface area (Å²) in [7, 11) is 0. The summed E-state index contributed by atoms with van der Waals surface area (Å²) >= 11 is 0. The number of carbonyl (C=O) groups excluding carboxylic acids is 2. The normalized spacial score (nSPS) is 15.9. The monoisotopic (exact) mass is 458 g/mol. The Hall–Kier alpha value is -4.23. The van der Waals surface area contributed by atoms with E-state index in [4.69, 9.17) is 16.6 Å². The Labute approximate surface area is 197 Å². The molecule has 1 aliphatic rings. The molecular weight excluding hydrogens is 432 g/mol. The molecule has 174 valence electrons. The average molecular weight is 459 g/mol. The molecule has 10 heteroatoms. The number of imidazole rings is 1. The molecule has 0 unspecified atom stereocenters. The number of nitrogens with two attached hydrogens (primary N) is 2. The first kappa shape index (κ1) is 22.9. The summed E-state index contributed by atoms with van der Waals surface area (Å²) in [5, 5.41) is 10.3. The van der Waals surface area contributed by atoms with Gasteiger partial charge in [0.1, 0.15) is 11.5 Å². The van der Waals surface area contributed by atoms with Gasteiger partial charge in [-0.15, -0.1) is 11.0 Å². The highest BCUT2D eigenvalue weighted by molar-refractivity contribution is 6.04. The van der Waals surface area contributed by atoms with Crippen molar-refractivity contribution in [3.8, 4) is 23.1 Å². The molecule has 1 aliphatic heterocycles. The number of benzene rings is 1. The molecule has 0 bridgehead atoms. The Morgan fingerprint density at radius 3 is 2.68 bits per heavy atom. The van der Waals surface area contributed by atoms with Gasteiger partial charge in [-0.1, -0.05) is 24.5 Å². The van der Waals surface area contributed by atoms with E-state index in [1.165, 1.54) is 10.9 Å². The number of primary amides is 1. The van der Waals surface area contributed by atoms with Crippen LogP contribution in [0.5, 0.6) is 0 Å². The van der Waals surface area contributed by atoms with Crippen LogP contribution in [-0.4, -0.2) is 49.7 Å². The summed E-state index contributed by atoms with van der Waals surface area (Å²) in [5.41, 5.74) is 7.24. The Bertz CT molecular complexity index is 1240. The summed E-state index contributed by atoms with van der Waals surface area (Å²) in [4.78, 5) is 31.8. The Morgan fingerprint density at radius 1 is 1.21 bits per heavy atom. The molecule has 1 atom stereocenters. The van der Waals surface area contributed by atoms with Crippen molar-refractivity contribution in [3.63, 3.8) is 0 Å². The van der Waals surface area contributed by atoms with E-state index in [2.05, 4.69) is 32.3 Å². The van der Waals surface area contributed by atoms with E-state index in [-0.39, 0.29) is 17.6 Å². The molecule has 4 rings (SSSR count). The molecule has 0 spiro atoms. The molecule has 1 fully saturated rings.